The molecule has 1 heterocycles. The second-order valence-corrected chi connectivity index (χ2v) is 6.69. The largest absolute Gasteiger partial charge is 0.396 e. The maximum absolute atomic E-state index is 12.8. The number of carbonyl (C=O) groups is 1. The van der Waals surface area contributed by atoms with Crippen LogP contribution < -0.4 is 5.32 Å². The Morgan fingerprint density at radius 2 is 2.00 bits per heavy atom. The maximum atomic E-state index is 12.8. The van der Waals surface area contributed by atoms with E-state index in [0.717, 1.165) is 28.9 Å². The topological polar surface area (TPSA) is 54.3 Å². The van der Waals surface area contributed by atoms with Crippen LogP contribution in [0, 0.1) is 13.8 Å². The van der Waals surface area contributed by atoms with E-state index >= 15 is 0 Å². The molecule has 1 aromatic heterocycles. The van der Waals surface area contributed by atoms with Crippen molar-refractivity contribution in [2.24, 2.45) is 0 Å². The van der Waals surface area contributed by atoms with E-state index in [1.165, 1.54) is 12.8 Å². The molecular weight excluding hydrogens is 300 g/mol. The number of aryl methyl sites for hydroxylation is 1. The maximum Gasteiger partial charge on any atom is 0.253 e. The molecule has 1 saturated carbocycles. The zero-order valence-corrected chi connectivity index (χ0v) is 14.5. The number of hydrogen-bond donors (Lipinski definition) is 2. The molecular formula is C20H26N2O2. The molecule has 0 spiro atoms. The number of carbonyl (C=O) groups excluding carboxylic acids is 1. The fourth-order valence-electron chi connectivity index (χ4n) is 3.44. The summed E-state index contributed by atoms with van der Waals surface area (Å²) in [7, 11) is 0. The molecule has 1 aromatic carbocycles. The van der Waals surface area contributed by atoms with E-state index in [1.807, 2.05) is 43.3 Å². The lowest BCUT2D eigenvalue weighted by atomic mass is 10.0. The summed E-state index contributed by atoms with van der Waals surface area (Å²) in [5, 5.41) is 12.3. The molecule has 128 valence electrons. The van der Waals surface area contributed by atoms with Crippen LogP contribution in [0.4, 0.5) is 0 Å². The summed E-state index contributed by atoms with van der Waals surface area (Å²) in [6, 6.07) is 12.5. The van der Waals surface area contributed by atoms with E-state index in [2.05, 4.69) is 16.8 Å². The van der Waals surface area contributed by atoms with Crippen molar-refractivity contribution < 1.29 is 9.90 Å². The number of hydrogen-bond acceptors (Lipinski definition) is 2. The van der Waals surface area contributed by atoms with Gasteiger partial charge < -0.3 is 15.0 Å². The summed E-state index contributed by atoms with van der Waals surface area (Å²) in [5.74, 6) is -0.0261. The first kappa shape index (κ1) is 16.8. The van der Waals surface area contributed by atoms with E-state index in [9.17, 15) is 4.79 Å². The lowest BCUT2D eigenvalue weighted by Crippen LogP contribution is -2.29. The summed E-state index contributed by atoms with van der Waals surface area (Å²) < 4.78 is 2.29. The van der Waals surface area contributed by atoms with Crippen molar-refractivity contribution in [3.8, 4) is 0 Å². The summed E-state index contributed by atoms with van der Waals surface area (Å²) in [6.45, 7) is 4.24. The van der Waals surface area contributed by atoms with Crippen LogP contribution in [0.3, 0.4) is 0 Å². The first-order valence-electron chi connectivity index (χ1n) is 8.77. The number of nitrogens with one attached hydrogen (secondary N) is 1. The Labute approximate surface area is 143 Å². The van der Waals surface area contributed by atoms with Crippen LogP contribution in [-0.4, -0.2) is 22.2 Å². The van der Waals surface area contributed by atoms with Crippen LogP contribution in [0.15, 0.2) is 36.4 Å². The molecule has 24 heavy (non-hydrogen) atoms. The van der Waals surface area contributed by atoms with Crippen molar-refractivity contribution in [1.82, 2.24) is 9.88 Å². The Morgan fingerprint density at radius 3 is 2.62 bits per heavy atom. The van der Waals surface area contributed by atoms with Gasteiger partial charge in [-0.15, -0.1) is 0 Å². The minimum Gasteiger partial charge on any atom is -0.396 e. The van der Waals surface area contributed by atoms with E-state index in [0.29, 0.717) is 12.5 Å². The molecule has 1 atom stereocenters. The van der Waals surface area contributed by atoms with Crippen LogP contribution in [0.25, 0.3) is 0 Å². The number of aliphatic hydroxyl groups is 1. The zero-order chi connectivity index (χ0) is 17.1. The molecule has 4 nitrogen and oxygen atoms in total. The minimum absolute atomic E-state index is 0.0261. The molecule has 4 heteroatoms. The smallest absolute Gasteiger partial charge is 0.253 e. The van der Waals surface area contributed by atoms with Crippen molar-refractivity contribution >= 4 is 5.91 Å². The summed E-state index contributed by atoms with van der Waals surface area (Å²) in [6.07, 6.45) is 3.82. The highest BCUT2D eigenvalue weighted by atomic mass is 16.3. The highest BCUT2D eigenvalue weighted by Gasteiger charge is 2.28. The molecule has 2 aromatic rings. The van der Waals surface area contributed by atoms with Gasteiger partial charge in [0.15, 0.2) is 0 Å². The average Bonchev–Trinajstić information content (AvgIpc) is 3.37. The van der Waals surface area contributed by atoms with Gasteiger partial charge in [0.05, 0.1) is 11.6 Å². The van der Waals surface area contributed by atoms with Gasteiger partial charge in [-0.2, -0.15) is 0 Å². The SMILES string of the molecule is Cc1cc(C(=O)NC(CCCO)c2ccccc2)c(C)n1C1CC1. The summed E-state index contributed by atoms with van der Waals surface area (Å²) in [4.78, 5) is 12.8. The Morgan fingerprint density at radius 1 is 1.29 bits per heavy atom. The molecule has 1 aliphatic rings. The fraction of sp³-hybridized carbons (Fsp3) is 0.450. The number of aromatic nitrogens is 1. The standard InChI is InChI=1S/C20H26N2O2/c1-14-13-18(15(2)22(14)17-10-11-17)20(24)21-19(9-6-12-23)16-7-4-3-5-8-16/h3-5,7-8,13,17,19,23H,6,9-12H2,1-2H3,(H,21,24). The van der Waals surface area contributed by atoms with E-state index in [-0.39, 0.29) is 18.6 Å². The van der Waals surface area contributed by atoms with Crippen LogP contribution >= 0.6 is 0 Å². The van der Waals surface area contributed by atoms with Crippen LogP contribution in [0.5, 0.6) is 0 Å². The van der Waals surface area contributed by atoms with Gasteiger partial charge in [-0.25, -0.2) is 0 Å². The lowest BCUT2D eigenvalue weighted by Gasteiger charge is -2.19. The van der Waals surface area contributed by atoms with Gasteiger partial charge in [-0.3, -0.25) is 4.79 Å². The van der Waals surface area contributed by atoms with Crippen LogP contribution in [0.1, 0.15) is 65.1 Å². The Hall–Kier alpha value is -2.07. The molecule has 1 fully saturated rings. The van der Waals surface area contributed by atoms with Gasteiger partial charge in [-0.1, -0.05) is 30.3 Å². The monoisotopic (exact) mass is 326 g/mol. The number of aliphatic hydroxyl groups excluding tert-OH is 1. The molecule has 0 saturated heterocycles. The van der Waals surface area contributed by atoms with Gasteiger partial charge in [-0.05, 0) is 51.2 Å². The molecule has 3 rings (SSSR count). The van der Waals surface area contributed by atoms with Crippen LogP contribution in [0.2, 0.25) is 0 Å². The highest BCUT2D eigenvalue weighted by Crippen LogP contribution is 2.38. The molecule has 2 N–H and O–H groups in total. The molecule has 0 radical (unpaired) electrons. The van der Waals surface area contributed by atoms with Gasteiger partial charge in [0.2, 0.25) is 0 Å². The third-order valence-electron chi connectivity index (χ3n) is 4.80. The second kappa shape index (κ2) is 7.22. The third kappa shape index (κ3) is 3.54. The second-order valence-electron chi connectivity index (χ2n) is 6.69. The van der Waals surface area contributed by atoms with Crippen LogP contribution in [-0.2, 0) is 0 Å². The minimum atomic E-state index is -0.0742. The van der Waals surface area contributed by atoms with E-state index in [4.69, 9.17) is 5.11 Å². The Kier molecular flexibility index (Phi) is 5.05. The zero-order valence-electron chi connectivity index (χ0n) is 14.5. The van der Waals surface area contributed by atoms with E-state index in [1.54, 1.807) is 0 Å². The Bertz CT molecular complexity index is 702. The first-order valence-corrected chi connectivity index (χ1v) is 8.77. The first-order chi connectivity index (χ1) is 11.6. The molecule has 1 aliphatic carbocycles. The summed E-state index contributed by atoms with van der Waals surface area (Å²) in [5.41, 5.74) is 4.06. The third-order valence-corrected chi connectivity index (χ3v) is 4.80. The summed E-state index contributed by atoms with van der Waals surface area (Å²) >= 11 is 0. The lowest BCUT2D eigenvalue weighted by molar-refractivity contribution is 0.0931. The average molecular weight is 326 g/mol. The van der Waals surface area contributed by atoms with Crippen molar-refractivity contribution in [3.63, 3.8) is 0 Å². The normalized spacial score (nSPS) is 15.3. The molecule has 0 aliphatic heterocycles. The predicted molar refractivity (Wildman–Crippen MR) is 95.1 cm³/mol. The Balaban J connectivity index is 1.79. The van der Waals surface area contributed by atoms with E-state index < -0.39 is 0 Å². The number of amides is 1. The number of benzene rings is 1. The van der Waals surface area contributed by atoms with Crippen molar-refractivity contribution in [2.75, 3.05) is 6.61 Å². The quantitative estimate of drug-likeness (QED) is 0.815. The highest BCUT2D eigenvalue weighted by molar-refractivity contribution is 5.96. The predicted octanol–water partition coefficient (Wildman–Crippen LogP) is 3.68. The molecule has 1 unspecified atom stereocenters. The van der Waals surface area contributed by atoms with Crippen molar-refractivity contribution in [1.29, 1.82) is 0 Å². The van der Waals surface area contributed by atoms with Gasteiger partial charge in [0.1, 0.15) is 0 Å². The van der Waals surface area contributed by atoms with Gasteiger partial charge in [0.25, 0.3) is 5.91 Å². The molecule has 1 amide bonds. The van der Waals surface area contributed by atoms with Gasteiger partial charge >= 0.3 is 0 Å². The van der Waals surface area contributed by atoms with Gasteiger partial charge in [0, 0.05) is 24.0 Å². The number of rotatable bonds is 7. The molecule has 0 bridgehead atoms. The number of nitrogens with zero attached hydrogens (tertiary/aromatic N) is 1. The van der Waals surface area contributed by atoms with Crippen molar-refractivity contribution in [2.45, 2.75) is 51.6 Å². The fourth-order valence-corrected chi connectivity index (χ4v) is 3.44. The van der Waals surface area contributed by atoms with Crippen molar-refractivity contribution in [3.05, 3.63) is 58.9 Å².